The molecule has 0 aromatic heterocycles. The van der Waals surface area contributed by atoms with E-state index in [0.29, 0.717) is 0 Å². The monoisotopic (exact) mass is 227 g/mol. The Hall–Kier alpha value is -1.13. The van der Waals surface area contributed by atoms with E-state index in [0.717, 1.165) is 6.07 Å². The molecular weight excluding hydrogens is 209 g/mol. The molecule has 16 heavy (non-hydrogen) atoms. The number of benzene rings is 1. The maximum atomic E-state index is 13.5. The van der Waals surface area contributed by atoms with Crippen molar-refractivity contribution in [2.24, 2.45) is 11.1 Å². The van der Waals surface area contributed by atoms with Gasteiger partial charge in [0.1, 0.15) is 11.6 Å². The molecule has 0 spiro atoms. The van der Waals surface area contributed by atoms with E-state index in [9.17, 15) is 9.50 Å². The van der Waals surface area contributed by atoms with E-state index in [1.54, 1.807) is 0 Å². The van der Waals surface area contributed by atoms with E-state index in [-0.39, 0.29) is 11.3 Å². The predicted octanol–water partition coefficient (Wildman–Crippen LogP) is 1.94. The van der Waals surface area contributed by atoms with Crippen molar-refractivity contribution in [1.29, 1.82) is 0 Å². The molecular formula is C12H18FNO2. The molecule has 0 saturated heterocycles. The van der Waals surface area contributed by atoms with Crippen LogP contribution in [-0.4, -0.2) is 16.3 Å². The highest BCUT2D eigenvalue weighted by Crippen LogP contribution is 2.30. The zero-order valence-electron chi connectivity index (χ0n) is 9.74. The van der Waals surface area contributed by atoms with Crippen molar-refractivity contribution in [2.75, 3.05) is 0 Å². The number of halogens is 1. The lowest BCUT2D eigenvalue weighted by molar-refractivity contribution is 0.0391. The topological polar surface area (TPSA) is 66.5 Å². The van der Waals surface area contributed by atoms with Crippen LogP contribution in [0.4, 0.5) is 4.39 Å². The normalized spacial score (nSPS) is 15.9. The third kappa shape index (κ3) is 2.71. The molecule has 0 bridgehead atoms. The molecule has 0 heterocycles. The highest BCUT2D eigenvalue weighted by atomic mass is 19.1. The first-order chi connectivity index (χ1) is 7.23. The second-order valence-corrected chi connectivity index (χ2v) is 5.04. The van der Waals surface area contributed by atoms with Gasteiger partial charge in [-0.2, -0.15) is 0 Å². The average molecular weight is 227 g/mol. The third-order valence-electron chi connectivity index (χ3n) is 2.57. The van der Waals surface area contributed by atoms with Crippen LogP contribution in [0.2, 0.25) is 0 Å². The molecule has 1 aromatic rings. The first-order valence-corrected chi connectivity index (χ1v) is 5.15. The van der Waals surface area contributed by atoms with Crippen LogP contribution in [0.5, 0.6) is 5.75 Å². The molecule has 2 atom stereocenters. The summed E-state index contributed by atoms with van der Waals surface area (Å²) in [6.45, 7) is 5.49. The number of aromatic hydroxyl groups is 1. The third-order valence-corrected chi connectivity index (χ3v) is 2.57. The van der Waals surface area contributed by atoms with Gasteiger partial charge in [-0.3, -0.25) is 0 Å². The Bertz CT molecular complexity index is 374. The summed E-state index contributed by atoms with van der Waals surface area (Å²) in [6, 6.07) is 2.93. The van der Waals surface area contributed by atoms with Crippen molar-refractivity contribution in [3.8, 4) is 5.75 Å². The fraction of sp³-hybridized carbons (Fsp3) is 0.500. The van der Waals surface area contributed by atoms with Crippen LogP contribution in [0.1, 0.15) is 32.4 Å². The summed E-state index contributed by atoms with van der Waals surface area (Å²) in [6.07, 6.45) is -0.855. The lowest BCUT2D eigenvalue weighted by atomic mass is 9.82. The van der Waals surface area contributed by atoms with Crippen molar-refractivity contribution < 1.29 is 14.6 Å². The summed E-state index contributed by atoms with van der Waals surface area (Å²) >= 11 is 0. The molecule has 0 aliphatic carbocycles. The van der Waals surface area contributed by atoms with Crippen LogP contribution in [0.3, 0.4) is 0 Å². The molecule has 3 nitrogen and oxygen atoms in total. The van der Waals surface area contributed by atoms with Gasteiger partial charge in [-0.1, -0.05) is 26.8 Å². The van der Waals surface area contributed by atoms with Crippen molar-refractivity contribution in [2.45, 2.75) is 32.9 Å². The molecule has 0 amide bonds. The Morgan fingerprint density at radius 2 is 1.88 bits per heavy atom. The van der Waals surface area contributed by atoms with Crippen molar-refractivity contribution >= 4 is 0 Å². The highest BCUT2D eigenvalue weighted by Gasteiger charge is 2.30. The number of nitrogens with two attached hydrogens (primary N) is 1. The van der Waals surface area contributed by atoms with E-state index in [4.69, 9.17) is 10.8 Å². The fourth-order valence-electron chi connectivity index (χ4n) is 1.50. The Labute approximate surface area is 94.7 Å². The Morgan fingerprint density at radius 1 is 1.31 bits per heavy atom. The Balaban J connectivity index is 3.01. The number of phenolic OH excluding ortho intramolecular Hbond substituents is 1. The lowest BCUT2D eigenvalue weighted by Crippen LogP contribution is -2.37. The zero-order chi connectivity index (χ0) is 12.5. The number of hydrogen-bond donors (Lipinski definition) is 3. The van der Waals surface area contributed by atoms with Crippen LogP contribution >= 0.6 is 0 Å². The summed E-state index contributed by atoms with van der Waals surface area (Å²) in [5.74, 6) is -0.755. The Morgan fingerprint density at radius 3 is 2.31 bits per heavy atom. The van der Waals surface area contributed by atoms with Crippen molar-refractivity contribution in [3.63, 3.8) is 0 Å². The van der Waals surface area contributed by atoms with Gasteiger partial charge < -0.3 is 15.9 Å². The van der Waals surface area contributed by atoms with Gasteiger partial charge >= 0.3 is 0 Å². The number of phenols is 1. The minimum absolute atomic E-state index is 0.154. The van der Waals surface area contributed by atoms with Crippen molar-refractivity contribution in [3.05, 3.63) is 29.6 Å². The van der Waals surface area contributed by atoms with E-state index >= 15 is 0 Å². The summed E-state index contributed by atoms with van der Waals surface area (Å²) in [5, 5.41) is 19.0. The average Bonchev–Trinajstić information content (AvgIpc) is 2.14. The zero-order valence-corrected chi connectivity index (χ0v) is 9.74. The molecule has 90 valence electrons. The standard InChI is InChI=1S/C12H18FNO2/c1-12(2,3)11(16)10(14)8-5-4-7(15)6-9(8)13/h4-6,10-11,15-16H,14H2,1-3H3/t10-,11-/m0/s1. The summed E-state index contributed by atoms with van der Waals surface area (Å²) < 4.78 is 13.5. The largest absolute Gasteiger partial charge is 0.508 e. The second-order valence-electron chi connectivity index (χ2n) is 5.04. The molecule has 0 fully saturated rings. The second kappa shape index (κ2) is 4.39. The van der Waals surface area contributed by atoms with Crippen LogP contribution in [0, 0.1) is 11.2 Å². The predicted molar refractivity (Wildman–Crippen MR) is 60.5 cm³/mol. The minimum Gasteiger partial charge on any atom is -0.508 e. The maximum absolute atomic E-state index is 13.5. The van der Waals surface area contributed by atoms with Crippen LogP contribution < -0.4 is 5.73 Å². The molecule has 1 rings (SSSR count). The maximum Gasteiger partial charge on any atom is 0.131 e. The molecule has 0 unspecified atom stereocenters. The number of aliphatic hydroxyl groups excluding tert-OH is 1. The van der Waals surface area contributed by atoms with Gasteiger partial charge in [0, 0.05) is 11.6 Å². The molecule has 4 heteroatoms. The SMILES string of the molecule is CC(C)(C)[C@@H](O)[C@@H](N)c1ccc(O)cc1F. The first kappa shape index (κ1) is 12.9. The van der Waals surface area contributed by atoms with E-state index < -0.39 is 23.4 Å². The van der Waals surface area contributed by atoms with E-state index in [1.165, 1.54) is 12.1 Å². The molecule has 4 N–H and O–H groups in total. The molecule has 0 radical (unpaired) electrons. The van der Waals surface area contributed by atoms with E-state index in [2.05, 4.69) is 0 Å². The first-order valence-electron chi connectivity index (χ1n) is 5.15. The van der Waals surface area contributed by atoms with Crippen LogP contribution in [0.25, 0.3) is 0 Å². The summed E-state index contributed by atoms with van der Waals surface area (Å²) in [5.41, 5.74) is 5.59. The van der Waals surface area contributed by atoms with Crippen LogP contribution in [-0.2, 0) is 0 Å². The number of hydrogen-bond acceptors (Lipinski definition) is 3. The molecule has 0 aliphatic rings. The van der Waals surface area contributed by atoms with Gasteiger partial charge in [0.05, 0.1) is 12.1 Å². The summed E-state index contributed by atoms with van der Waals surface area (Å²) in [7, 11) is 0. The van der Waals surface area contributed by atoms with E-state index in [1.807, 2.05) is 20.8 Å². The van der Waals surface area contributed by atoms with Gasteiger partial charge in [0.25, 0.3) is 0 Å². The van der Waals surface area contributed by atoms with Crippen LogP contribution in [0.15, 0.2) is 18.2 Å². The smallest absolute Gasteiger partial charge is 0.131 e. The Kier molecular flexibility index (Phi) is 3.55. The molecule has 1 aromatic carbocycles. The van der Waals surface area contributed by atoms with Gasteiger partial charge in [-0.05, 0) is 11.5 Å². The van der Waals surface area contributed by atoms with Gasteiger partial charge in [0.2, 0.25) is 0 Å². The van der Waals surface area contributed by atoms with Gasteiger partial charge in [0.15, 0.2) is 0 Å². The highest BCUT2D eigenvalue weighted by molar-refractivity contribution is 5.30. The summed E-state index contributed by atoms with van der Waals surface area (Å²) in [4.78, 5) is 0. The lowest BCUT2D eigenvalue weighted by Gasteiger charge is -2.31. The fourth-order valence-corrected chi connectivity index (χ4v) is 1.50. The quantitative estimate of drug-likeness (QED) is 0.723. The minimum atomic E-state index is -0.855. The number of aliphatic hydroxyl groups is 1. The molecule has 0 aliphatic heterocycles. The van der Waals surface area contributed by atoms with Gasteiger partial charge in [-0.15, -0.1) is 0 Å². The van der Waals surface area contributed by atoms with Crippen molar-refractivity contribution in [1.82, 2.24) is 0 Å². The van der Waals surface area contributed by atoms with Gasteiger partial charge in [-0.25, -0.2) is 4.39 Å². The molecule has 0 saturated carbocycles. The number of rotatable bonds is 2.